The molecule has 0 amide bonds. The van der Waals surface area contributed by atoms with Crippen LogP contribution < -0.4 is 5.32 Å². The number of piperidine rings is 1. The number of hydrogen-bond donors (Lipinski definition) is 1. The van der Waals surface area contributed by atoms with Gasteiger partial charge in [-0.05, 0) is 55.0 Å². The number of benzene rings is 1. The van der Waals surface area contributed by atoms with Crippen LogP contribution in [-0.2, 0) is 21.3 Å². The molecule has 1 aromatic rings. The van der Waals surface area contributed by atoms with Crippen LogP contribution >= 0.6 is 0 Å². The van der Waals surface area contributed by atoms with Gasteiger partial charge in [-0.25, -0.2) is 0 Å². The van der Waals surface area contributed by atoms with Gasteiger partial charge < -0.3 is 14.8 Å². The first-order chi connectivity index (χ1) is 11.2. The van der Waals surface area contributed by atoms with Crippen molar-refractivity contribution < 1.29 is 9.47 Å². The van der Waals surface area contributed by atoms with Crippen molar-refractivity contribution in [3.05, 3.63) is 34.9 Å². The number of ether oxygens (including phenoxy) is 2. The molecule has 0 radical (unpaired) electrons. The van der Waals surface area contributed by atoms with E-state index in [1.54, 1.807) is 0 Å². The fraction of sp³-hybridized carbons (Fsp3) is 0.632. The molecule has 4 heteroatoms. The third kappa shape index (κ3) is 1.88. The van der Waals surface area contributed by atoms with Gasteiger partial charge >= 0.3 is 0 Å². The molecule has 0 unspecified atom stereocenters. The maximum atomic E-state index is 9.35. The van der Waals surface area contributed by atoms with Crippen LogP contribution in [0.25, 0.3) is 0 Å². The minimum Gasteiger partial charge on any atom is -0.348 e. The number of nitrogens with zero attached hydrogens (tertiary/aromatic N) is 1. The van der Waals surface area contributed by atoms with Crippen molar-refractivity contribution in [3.8, 4) is 6.07 Å². The number of nitrogens with one attached hydrogen (secondary N) is 1. The lowest BCUT2D eigenvalue weighted by molar-refractivity contribution is -0.207. The van der Waals surface area contributed by atoms with E-state index < -0.39 is 0 Å². The van der Waals surface area contributed by atoms with Gasteiger partial charge in [-0.15, -0.1) is 0 Å². The van der Waals surface area contributed by atoms with Crippen LogP contribution in [0.15, 0.2) is 18.2 Å². The van der Waals surface area contributed by atoms with Crippen LogP contribution in [0.2, 0.25) is 0 Å². The van der Waals surface area contributed by atoms with E-state index in [0.717, 1.165) is 44.2 Å². The summed E-state index contributed by atoms with van der Waals surface area (Å²) in [4.78, 5) is 0. The topological polar surface area (TPSA) is 54.3 Å². The maximum Gasteiger partial charge on any atom is 0.169 e. The van der Waals surface area contributed by atoms with Crippen LogP contribution in [0.5, 0.6) is 0 Å². The molecule has 2 heterocycles. The van der Waals surface area contributed by atoms with E-state index in [0.29, 0.717) is 25.2 Å². The van der Waals surface area contributed by atoms with Gasteiger partial charge in [-0.3, -0.25) is 0 Å². The molecule has 3 fully saturated rings. The lowest BCUT2D eigenvalue weighted by atomic mass is 9.51. The average molecular weight is 310 g/mol. The number of rotatable bonds is 0. The van der Waals surface area contributed by atoms with Crippen molar-refractivity contribution in [2.24, 2.45) is 5.92 Å². The molecule has 1 saturated carbocycles. The molecule has 2 saturated heterocycles. The van der Waals surface area contributed by atoms with Gasteiger partial charge in [0.15, 0.2) is 5.79 Å². The second-order valence-electron chi connectivity index (χ2n) is 7.58. The molecule has 3 atom stereocenters. The zero-order valence-electron chi connectivity index (χ0n) is 13.3. The molecule has 23 heavy (non-hydrogen) atoms. The highest BCUT2D eigenvalue weighted by Crippen LogP contribution is 2.57. The van der Waals surface area contributed by atoms with Crippen molar-refractivity contribution >= 4 is 0 Å². The summed E-state index contributed by atoms with van der Waals surface area (Å²) in [6, 6.07) is 9.17. The SMILES string of the molecule is N#Cc1ccc2c(c1)[C@@]13CCN[C@@H](C2)[C@H]1CCC1(C3)OCCO1. The molecule has 2 aliphatic heterocycles. The molecule has 1 aromatic carbocycles. The summed E-state index contributed by atoms with van der Waals surface area (Å²) in [7, 11) is 0. The third-order valence-corrected chi connectivity index (χ3v) is 6.62. The Morgan fingerprint density at radius 2 is 2.09 bits per heavy atom. The highest BCUT2D eigenvalue weighted by molar-refractivity contribution is 5.47. The third-order valence-electron chi connectivity index (χ3n) is 6.62. The highest BCUT2D eigenvalue weighted by Gasteiger charge is 2.59. The monoisotopic (exact) mass is 310 g/mol. The molecular formula is C19H22N2O2. The minimum absolute atomic E-state index is 0.110. The Morgan fingerprint density at radius 1 is 1.22 bits per heavy atom. The Labute approximate surface area is 136 Å². The molecule has 2 bridgehead atoms. The van der Waals surface area contributed by atoms with Crippen LogP contribution in [0.1, 0.15) is 42.4 Å². The summed E-state index contributed by atoms with van der Waals surface area (Å²) in [5.74, 6) is 0.256. The Balaban J connectivity index is 1.67. The Hall–Kier alpha value is -1.41. The fourth-order valence-corrected chi connectivity index (χ4v) is 5.75. The quantitative estimate of drug-likeness (QED) is 0.798. The lowest BCUT2D eigenvalue weighted by Crippen LogP contribution is -2.63. The van der Waals surface area contributed by atoms with Gasteiger partial charge in [0.25, 0.3) is 0 Å². The molecule has 120 valence electrons. The van der Waals surface area contributed by atoms with Gasteiger partial charge in [0.2, 0.25) is 0 Å². The van der Waals surface area contributed by atoms with E-state index in [2.05, 4.69) is 23.5 Å². The van der Waals surface area contributed by atoms with Gasteiger partial charge in [-0.2, -0.15) is 5.26 Å². The fourth-order valence-electron chi connectivity index (χ4n) is 5.75. The van der Waals surface area contributed by atoms with E-state index in [-0.39, 0.29) is 11.2 Å². The van der Waals surface area contributed by atoms with Crippen molar-refractivity contribution in [2.75, 3.05) is 19.8 Å². The zero-order chi connectivity index (χ0) is 15.5. The summed E-state index contributed by atoms with van der Waals surface area (Å²) in [6.45, 7) is 2.48. The lowest BCUT2D eigenvalue weighted by Gasteiger charge is -2.58. The van der Waals surface area contributed by atoms with E-state index in [1.165, 1.54) is 11.1 Å². The first kappa shape index (κ1) is 14.0. The molecule has 4 nitrogen and oxygen atoms in total. The minimum atomic E-state index is -0.379. The summed E-state index contributed by atoms with van der Waals surface area (Å²) in [5.41, 5.74) is 3.70. The Bertz CT molecular complexity index is 689. The molecule has 0 aromatic heterocycles. The maximum absolute atomic E-state index is 9.35. The van der Waals surface area contributed by atoms with E-state index in [1.807, 2.05) is 6.07 Å². The van der Waals surface area contributed by atoms with E-state index >= 15 is 0 Å². The van der Waals surface area contributed by atoms with Gasteiger partial charge in [0, 0.05) is 24.3 Å². The largest absolute Gasteiger partial charge is 0.348 e. The standard InChI is InChI=1S/C19H22N2O2/c20-11-13-1-2-14-10-17-15-3-4-19(22-7-8-23-19)12-18(15,5-6-21-17)16(14)9-13/h1-2,9,15,17,21H,3-8,10,12H2/t15-,17+,18-/m1/s1. The second kappa shape index (κ2) is 4.80. The summed E-state index contributed by atoms with van der Waals surface area (Å²) in [5, 5.41) is 13.1. The Kier molecular flexibility index (Phi) is 2.91. The average Bonchev–Trinajstić information content (AvgIpc) is 3.01. The number of hydrogen-bond acceptors (Lipinski definition) is 4. The van der Waals surface area contributed by atoms with Crippen LogP contribution in [0.3, 0.4) is 0 Å². The van der Waals surface area contributed by atoms with Crippen LogP contribution in [-0.4, -0.2) is 31.6 Å². The van der Waals surface area contributed by atoms with E-state index in [4.69, 9.17) is 9.47 Å². The molecule has 2 aliphatic carbocycles. The van der Waals surface area contributed by atoms with Crippen LogP contribution in [0.4, 0.5) is 0 Å². The molecular weight excluding hydrogens is 288 g/mol. The summed E-state index contributed by atoms with van der Waals surface area (Å²) in [6.07, 6.45) is 5.30. The number of nitriles is 1. The van der Waals surface area contributed by atoms with Crippen molar-refractivity contribution in [3.63, 3.8) is 0 Å². The molecule has 4 aliphatic rings. The predicted molar refractivity (Wildman–Crippen MR) is 84.9 cm³/mol. The van der Waals surface area contributed by atoms with E-state index in [9.17, 15) is 5.26 Å². The van der Waals surface area contributed by atoms with Crippen molar-refractivity contribution in [1.82, 2.24) is 5.32 Å². The van der Waals surface area contributed by atoms with Gasteiger partial charge in [0.1, 0.15) is 0 Å². The predicted octanol–water partition coefficient (Wildman–Crippen LogP) is 2.26. The summed E-state index contributed by atoms with van der Waals surface area (Å²) >= 11 is 0. The number of fused-ring (bicyclic) bond motifs is 1. The smallest absolute Gasteiger partial charge is 0.169 e. The normalized spacial score (nSPS) is 37.0. The van der Waals surface area contributed by atoms with Gasteiger partial charge in [0.05, 0.1) is 24.8 Å². The zero-order valence-corrected chi connectivity index (χ0v) is 13.3. The molecule has 1 N–H and O–H groups in total. The second-order valence-corrected chi connectivity index (χ2v) is 7.58. The van der Waals surface area contributed by atoms with Crippen molar-refractivity contribution in [1.29, 1.82) is 5.26 Å². The molecule has 5 rings (SSSR count). The van der Waals surface area contributed by atoms with Crippen molar-refractivity contribution in [2.45, 2.75) is 49.3 Å². The van der Waals surface area contributed by atoms with Gasteiger partial charge in [-0.1, -0.05) is 6.07 Å². The highest BCUT2D eigenvalue weighted by atomic mass is 16.7. The summed E-state index contributed by atoms with van der Waals surface area (Å²) < 4.78 is 12.2. The first-order valence-corrected chi connectivity index (χ1v) is 8.80. The molecule has 1 spiro atoms. The Morgan fingerprint density at radius 3 is 2.91 bits per heavy atom. The van der Waals surface area contributed by atoms with Crippen LogP contribution in [0, 0.1) is 17.2 Å². The first-order valence-electron chi connectivity index (χ1n) is 8.80.